The molecule has 0 fully saturated rings. The molecule has 122 valence electrons. The van der Waals surface area contributed by atoms with Crippen molar-refractivity contribution < 1.29 is 4.55 Å². The summed E-state index contributed by atoms with van der Waals surface area (Å²) in [6, 6.07) is 6.01. The van der Waals surface area contributed by atoms with Crippen molar-refractivity contribution in [3.05, 3.63) is 41.3 Å². The van der Waals surface area contributed by atoms with E-state index >= 15 is 0 Å². The van der Waals surface area contributed by atoms with E-state index in [-0.39, 0.29) is 5.82 Å². The zero-order valence-electron chi connectivity index (χ0n) is 12.9. The van der Waals surface area contributed by atoms with Crippen LogP contribution >= 0.6 is 22.9 Å². The number of H-pyrrole nitrogens is 1. The van der Waals surface area contributed by atoms with Crippen molar-refractivity contribution in [2.75, 3.05) is 18.0 Å². The van der Waals surface area contributed by atoms with Crippen LogP contribution in [0.25, 0.3) is 5.65 Å². The number of nitrogen functional groups attached to an aromatic ring is 1. The fourth-order valence-corrected chi connectivity index (χ4v) is 4.13. The lowest BCUT2D eigenvalue weighted by atomic mass is 10.3. The first kappa shape index (κ1) is 16.0. The summed E-state index contributed by atoms with van der Waals surface area (Å²) in [4.78, 5) is 8.90. The molecule has 7 nitrogen and oxygen atoms in total. The number of anilines is 1. The molecule has 0 saturated carbocycles. The third-order valence-corrected chi connectivity index (χ3v) is 5.34. The molecule has 2 unspecified atom stereocenters. The Bertz CT molecular complexity index is 881. The summed E-state index contributed by atoms with van der Waals surface area (Å²) in [5, 5.41) is 0.296. The molecule has 3 rings (SSSR count). The van der Waals surface area contributed by atoms with Crippen LogP contribution < -0.4 is 11.2 Å². The second kappa shape index (κ2) is 6.73. The van der Waals surface area contributed by atoms with E-state index in [9.17, 15) is 4.55 Å². The fraction of sp³-hybridized carbons (Fsp3) is 0.357. The lowest BCUT2D eigenvalue weighted by molar-refractivity contribution is 0.584. The van der Waals surface area contributed by atoms with Gasteiger partial charge in [-0.15, -0.1) is 4.37 Å². The highest BCUT2D eigenvalue weighted by atomic mass is 32.2. The first-order valence-corrected chi connectivity index (χ1v) is 9.34. The van der Waals surface area contributed by atoms with Gasteiger partial charge in [0.25, 0.3) is 0 Å². The van der Waals surface area contributed by atoms with Crippen LogP contribution in [0.1, 0.15) is 23.6 Å². The molecule has 3 N–H and O–H groups in total. The van der Waals surface area contributed by atoms with Crippen molar-refractivity contribution >= 4 is 34.4 Å². The van der Waals surface area contributed by atoms with Crippen LogP contribution in [0.5, 0.6) is 0 Å². The van der Waals surface area contributed by atoms with Crippen molar-refractivity contribution in [3.63, 3.8) is 0 Å². The van der Waals surface area contributed by atoms with Crippen LogP contribution in [-0.4, -0.2) is 35.0 Å². The standard InChI is InChI=1S/C14H18N6OS2/c1-9-12(20-7-4-3-5-11(20)17-9)10(2)22-8-6-16-14-13(15)18-23(21)19-14/h3-5,7,10H,6,8H2,1-2H3,(H2,15,18)(H,16,19). The third-order valence-electron chi connectivity index (χ3n) is 3.47. The summed E-state index contributed by atoms with van der Waals surface area (Å²) in [6.07, 6.45) is 2.04. The van der Waals surface area contributed by atoms with Gasteiger partial charge in [-0.3, -0.25) is 4.99 Å². The summed E-state index contributed by atoms with van der Waals surface area (Å²) in [5.74, 6) is 1.03. The van der Waals surface area contributed by atoms with E-state index in [4.69, 9.17) is 5.73 Å². The van der Waals surface area contributed by atoms with Crippen LogP contribution in [0.4, 0.5) is 5.82 Å². The average molecular weight is 350 g/mol. The number of nitrogens with two attached hydrogens (primary N) is 1. The number of aromatic nitrogens is 4. The molecule has 0 saturated heterocycles. The van der Waals surface area contributed by atoms with Gasteiger partial charge >= 0.3 is 0 Å². The minimum atomic E-state index is -1.48. The number of fused-ring (bicyclic) bond motifs is 1. The molecule has 23 heavy (non-hydrogen) atoms. The molecule has 2 atom stereocenters. The smallest absolute Gasteiger partial charge is 0.229 e. The van der Waals surface area contributed by atoms with E-state index < -0.39 is 11.1 Å². The number of hydrogen-bond acceptors (Lipinski definition) is 6. The molecule has 0 spiro atoms. The monoisotopic (exact) mass is 350 g/mol. The quantitative estimate of drug-likeness (QED) is 0.541. The van der Waals surface area contributed by atoms with Gasteiger partial charge in [-0.05, 0) is 26.0 Å². The zero-order valence-corrected chi connectivity index (χ0v) is 14.5. The topological polar surface area (TPSA) is 107 Å². The highest BCUT2D eigenvalue weighted by Gasteiger charge is 2.15. The van der Waals surface area contributed by atoms with Crippen LogP contribution in [-0.2, 0) is 0 Å². The maximum atomic E-state index is 11.2. The van der Waals surface area contributed by atoms with Crippen LogP contribution in [0, 0.1) is 6.92 Å². The first-order valence-electron chi connectivity index (χ1n) is 7.19. The fourth-order valence-electron chi connectivity index (χ4n) is 2.49. The number of rotatable bonds is 5. The highest BCUT2D eigenvalue weighted by Crippen LogP contribution is 2.30. The summed E-state index contributed by atoms with van der Waals surface area (Å²) in [5.41, 5.74) is 9.26. The molecule has 0 radical (unpaired) electrons. The summed E-state index contributed by atoms with van der Waals surface area (Å²) in [7, 11) is 0. The number of pyridine rings is 1. The van der Waals surface area contributed by atoms with E-state index in [1.165, 1.54) is 5.69 Å². The Hall–Kier alpha value is -1.84. The van der Waals surface area contributed by atoms with E-state index in [0.717, 1.165) is 17.1 Å². The van der Waals surface area contributed by atoms with Gasteiger partial charge in [0.2, 0.25) is 11.3 Å². The second-order valence-electron chi connectivity index (χ2n) is 5.08. The van der Waals surface area contributed by atoms with E-state index in [1.807, 2.05) is 31.3 Å². The largest absolute Gasteiger partial charge is 0.548 e. The van der Waals surface area contributed by atoms with Crippen LogP contribution in [0.3, 0.4) is 0 Å². The second-order valence-corrected chi connectivity index (χ2v) is 7.42. The number of thioether (sulfide) groups is 1. The Morgan fingerprint density at radius 2 is 2.35 bits per heavy atom. The molecule has 0 aromatic carbocycles. The van der Waals surface area contributed by atoms with E-state index in [1.54, 1.807) is 11.8 Å². The van der Waals surface area contributed by atoms with Crippen molar-refractivity contribution in [2.45, 2.75) is 19.1 Å². The number of aromatic amines is 1. The predicted octanol–water partition coefficient (Wildman–Crippen LogP) is 2.07. The molecule has 0 amide bonds. The Morgan fingerprint density at radius 1 is 1.52 bits per heavy atom. The van der Waals surface area contributed by atoms with Gasteiger partial charge in [0, 0.05) is 21.6 Å². The van der Waals surface area contributed by atoms with Gasteiger partial charge in [-0.25, -0.2) is 4.98 Å². The van der Waals surface area contributed by atoms with Gasteiger partial charge in [0.05, 0.1) is 17.9 Å². The van der Waals surface area contributed by atoms with Gasteiger partial charge in [-0.2, -0.15) is 11.8 Å². The maximum Gasteiger partial charge on any atom is 0.229 e. The zero-order chi connectivity index (χ0) is 16.4. The lowest BCUT2D eigenvalue weighted by Crippen LogP contribution is -2.10. The molecule has 3 heterocycles. The van der Waals surface area contributed by atoms with Crippen molar-refractivity contribution in [3.8, 4) is 0 Å². The van der Waals surface area contributed by atoms with Crippen LogP contribution in [0.15, 0.2) is 29.4 Å². The van der Waals surface area contributed by atoms with Gasteiger partial charge in [0.1, 0.15) is 5.65 Å². The predicted molar refractivity (Wildman–Crippen MR) is 92.9 cm³/mol. The molecule has 0 bridgehead atoms. The van der Waals surface area contributed by atoms with Crippen LogP contribution in [0.2, 0.25) is 0 Å². The van der Waals surface area contributed by atoms with Gasteiger partial charge in [-0.1, -0.05) is 6.07 Å². The molecule has 0 aliphatic carbocycles. The Balaban J connectivity index is 1.67. The highest BCUT2D eigenvalue weighted by molar-refractivity contribution is 7.99. The molecule has 0 aliphatic heterocycles. The molecule has 3 aromatic rings. The SMILES string of the molecule is Cc1nc2ccccn2c1C(C)SCCN=c1[nH][s+]([O-])nc1N. The normalized spacial score (nSPS) is 14.6. The van der Waals surface area contributed by atoms with Crippen molar-refractivity contribution in [1.29, 1.82) is 0 Å². The Labute approximate surface area is 140 Å². The number of aryl methyl sites for hydroxylation is 1. The van der Waals surface area contributed by atoms with Gasteiger partial charge in [0.15, 0.2) is 11.1 Å². The van der Waals surface area contributed by atoms with Crippen molar-refractivity contribution in [2.24, 2.45) is 4.99 Å². The summed E-state index contributed by atoms with van der Waals surface area (Å²) < 4.78 is 19.6. The minimum absolute atomic E-state index is 0.207. The molecular formula is C14H18N6OS2. The first-order chi connectivity index (χ1) is 11.1. The van der Waals surface area contributed by atoms with Crippen molar-refractivity contribution in [1.82, 2.24) is 18.1 Å². The summed E-state index contributed by atoms with van der Waals surface area (Å²) >= 11 is 0.320. The number of hydrogen-bond donors (Lipinski definition) is 2. The van der Waals surface area contributed by atoms with E-state index in [0.29, 0.717) is 17.3 Å². The molecule has 9 heteroatoms. The number of imidazole rings is 1. The maximum absolute atomic E-state index is 11.2. The minimum Gasteiger partial charge on any atom is -0.548 e. The average Bonchev–Trinajstić information content (AvgIpc) is 3.01. The molecular weight excluding hydrogens is 332 g/mol. The number of nitrogens with zero attached hydrogens (tertiary/aromatic N) is 4. The molecule has 0 aliphatic rings. The van der Waals surface area contributed by atoms with E-state index in [2.05, 4.69) is 30.0 Å². The van der Waals surface area contributed by atoms with Gasteiger partial charge < -0.3 is 14.7 Å². The lowest BCUT2D eigenvalue weighted by Gasteiger charge is -2.11. The summed E-state index contributed by atoms with van der Waals surface area (Å²) in [6.45, 7) is 4.79. The number of nitrogens with one attached hydrogen (secondary N) is 1. The Morgan fingerprint density at radius 3 is 3.09 bits per heavy atom. The Kier molecular flexibility index (Phi) is 4.69. The third kappa shape index (κ3) is 3.41. The molecule has 3 aromatic heterocycles.